The molecule has 0 saturated heterocycles. The van der Waals surface area contributed by atoms with Crippen LogP contribution < -0.4 is 0 Å². The van der Waals surface area contributed by atoms with Gasteiger partial charge in [0.2, 0.25) is 0 Å². The molecule has 0 aliphatic carbocycles. The summed E-state index contributed by atoms with van der Waals surface area (Å²) in [5.74, 6) is -0.201. The molecule has 14 heavy (non-hydrogen) atoms. The highest BCUT2D eigenvalue weighted by atomic mass is 16.5. The fraction of sp³-hybridized carbons (Fsp3) is 0.417. The van der Waals surface area contributed by atoms with Gasteiger partial charge in [0.1, 0.15) is 6.10 Å². The number of benzene rings is 1. The molecule has 0 aliphatic rings. The largest absolute Gasteiger partial charge is 0.462 e. The Kier molecular flexibility index (Phi) is 4.17. The average Bonchev–Trinajstić information content (AvgIpc) is 2.17. The first kappa shape index (κ1) is 10.8. The molecule has 76 valence electrons. The predicted octanol–water partition coefficient (Wildman–Crippen LogP) is 2.57. The molecule has 0 saturated carbocycles. The second-order valence-electron chi connectivity index (χ2n) is 3.33. The van der Waals surface area contributed by atoms with Crippen molar-refractivity contribution in [3.63, 3.8) is 0 Å². The Morgan fingerprint density at radius 1 is 1.36 bits per heavy atom. The van der Waals surface area contributed by atoms with Gasteiger partial charge in [0.15, 0.2) is 0 Å². The lowest BCUT2D eigenvalue weighted by atomic mass is 10.1. The van der Waals surface area contributed by atoms with Gasteiger partial charge in [0.25, 0.3) is 0 Å². The topological polar surface area (TPSA) is 26.3 Å². The van der Waals surface area contributed by atoms with Crippen LogP contribution in [0.4, 0.5) is 0 Å². The molecular formula is C12H16O2. The zero-order chi connectivity index (χ0) is 10.4. The molecule has 0 aliphatic heterocycles. The quantitative estimate of drug-likeness (QED) is 0.685. The maximum absolute atomic E-state index is 10.8. The summed E-state index contributed by atoms with van der Waals surface area (Å²) < 4.78 is 5.16. The predicted molar refractivity (Wildman–Crippen MR) is 56.0 cm³/mol. The van der Waals surface area contributed by atoms with E-state index in [2.05, 4.69) is 0 Å². The normalized spacial score (nSPS) is 12.1. The number of ether oxygens (including phenoxy) is 1. The van der Waals surface area contributed by atoms with Gasteiger partial charge in [-0.05, 0) is 12.0 Å². The first-order chi connectivity index (χ1) is 6.72. The molecule has 1 aromatic carbocycles. The molecule has 2 nitrogen and oxygen atoms in total. The SMILES string of the molecule is CCC(Cc1ccccc1)OC(C)=O. The summed E-state index contributed by atoms with van der Waals surface area (Å²) in [6, 6.07) is 10.1. The summed E-state index contributed by atoms with van der Waals surface area (Å²) in [6.45, 7) is 3.48. The molecule has 0 fully saturated rings. The van der Waals surface area contributed by atoms with Crippen molar-refractivity contribution in [2.45, 2.75) is 32.8 Å². The summed E-state index contributed by atoms with van der Waals surface area (Å²) >= 11 is 0. The van der Waals surface area contributed by atoms with Crippen molar-refractivity contribution in [1.82, 2.24) is 0 Å². The van der Waals surface area contributed by atoms with E-state index in [-0.39, 0.29) is 12.1 Å². The number of carbonyl (C=O) groups is 1. The lowest BCUT2D eigenvalue weighted by Crippen LogP contribution is -2.17. The minimum atomic E-state index is -0.201. The van der Waals surface area contributed by atoms with Crippen LogP contribution in [0.3, 0.4) is 0 Å². The molecule has 0 heterocycles. The minimum Gasteiger partial charge on any atom is -0.462 e. The molecule has 0 spiro atoms. The third-order valence-electron chi connectivity index (χ3n) is 2.09. The highest BCUT2D eigenvalue weighted by Gasteiger charge is 2.09. The van der Waals surface area contributed by atoms with Crippen molar-refractivity contribution in [2.75, 3.05) is 0 Å². The maximum atomic E-state index is 10.8. The standard InChI is InChI=1S/C12H16O2/c1-3-12(14-10(2)13)9-11-7-5-4-6-8-11/h4-8,12H,3,9H2,1-2H3. The summed E-state index contributed by atoms with van der Waals surface area (Å²) in [5.41, 5.74) is 1.21. The number of rotatable bonds is 4. The fourth-order valence-electron chi connectivity index (χ4n) is 1.38. The van der Waals surface area contributed by atoms with Crippen molar-refractivity contribution >= 4 is 5.97 Å². The van der Waals surface area contributed by atoms with E-state index < -0.39 is 0 Å². The van der Waals surface area contributed by atoms with Gasteiger partial charge in [-0.3, -0.25) is 4.79 Å². The van der Waals surface area contributed by atoms with Gasteiger partial charge in [-0.1, -0.05) is 37.3 Å². The third kappa shape index (κ3) is 3.60. The first-order valence-corrected chi connectivity index (χ1v) is 4.93. The zero-order valence-corrected chi connectivity index (χ0v) is 8.69. The number of hydrogen-bond acceptors (Lipinski definition) is 2. The molecule has 1 aromatic rings. The highest BCUT2D eigenvalue weighted by Crippen LogP contribution is 2.08. The Balaban J connectivity index is 2.53. The van der Waals surface area contributed by atoms with E-state index in [1.807, 2.05) is 37.3 Å². The number of carbonyl (C=O) groups excluding carboxylic acids is 1. The monoisotopic (exact) mass is 192 g/mol. The van der Waals surface area contributed by atoms with Gasteiger partial charge in [-0.15, -0.1) is 0 Å². The van der Waals surface area contributed by atoms with E-state index in [1.165, 1.54) is 12.5 Å². The van der Waals surface area contributed by atoms with Crippen LogP contribution in [0.1, 0.15) is 25.8 Å². The molecule has 1 atom stereocenters. The smallest absolute Gasteiger partial charge is 0.302 e. The van der Waals surface area contributed by atoms with Crippen LogP contribution in [0.15, 0.2) is 30.3 Å². The first-order valence-electron chi connectivity index (χ1n) is 4.93. The summed E-state index contributed by atoms with van der Waals surface area (Å²) in [6.07, 6.45) is 1.67. The second kappa shape index (κ2) is 5.43. The Morgan fingerprint density at radius 2 is 2.00 bits per heavy atom. The van der Waals surface area contributed by atoms with Crippen LogP contribution in [0, 0.1) is 0 Å². The van der Waals surface area contributed by atoms with Crippen LogP contribution in [0.5, 0.6) is 0 Å². The van der Waals surface area contributed by atoms with Crippen molar-refractivity contribution in [3.8, 4) is 0 Å². The van der Waals surface area contributed by atoms with Gasteiger partial charge in [0.05, 0.1) is 0 Å². The van der Waals surface area contributed by atoms with Crippen LogP contribution >= 0.6 is 0 Å². The van der Waals surface area contributed by atoms with Gasteiger partial charge >= 0.3 is 5.97 Å². The van der Waals surface area contributed by atoms with E-state index >= 15 is 0 Å². The summed E-state index contributed by atoms with van der Waals surface area (Å²) in [7, 11) is 0. The van der Waals surface area contributed by atoms with Gasteiger partial charge in [-0.25, -0.2) is 0 Å². The van der Waals surface area contributed by atoms with Gasteiger partial charge < -0.3 is 4.74 Å². The van der Waals surface area contributed by atoms with Crippen LogP contribution in [0.25, 0.3) is 0 Å². The van der Waals surface area contributed by atoms with Crippen LogP contribution in [-0.4, -0.2) is 12.1 Å². The molecule has 0 bridgehead atoms. The molecule has 0 radical (unpaired) electrons. The fourth-order valence-corrected chi connectivity index (χ4v) is 1.38. The van der Waals surface area contributed by atoms with Crippen LogP contribution in [0.2, 0.25) is 0 Å². The van der Waals surface area contributed by atoms with Crippen molar-refractivity contribution in [1.29, 1.82) is 0 Å². The highest BCUT2D eigenvalue weighted by molar-refractivity contribution is 5.66. The Hall–Kier alpha value is -1.31. The Labute approximate surface area is 84.9 Å². The van der Waals surface area contributed by atoms with E-state index in [0.29, 0.717) is 0 Å². The van der Waals surface area contributed by atoms with Crippen LogP contribution in [-0.2, 0) is 16.0 Å². The van der Waals surface area contributed by atoms with E-state index in [9.17, 15) is 4.79 Å². The summed E-state index contributed by atoms with van der Waals surface area (Å²) in [5, 5.41) is 0. The minimum absolute atomic E-state index is 0.00917. The molecular weight excluding hydrogens is 176 g/mol. The molecule has 0 N–H and O–H groups in total. The molecule has 1 unspecified atom stereocenters. The van der Waals surface area contributed by atoms with Gasteiger partial charge in [-0.2, -0.15) is 0 Å². The molecule has 0 aromatic heterocycles. The summed E-state index contributed by atoms with van der Waals surface area (Å²) in [4.78, 5) is 10.8. The number of hydrogen-bond donors (Lipinski definition) is 0. The van der Waals surface area contributed by atoms with E-state index in [1.54, 1.807) is 0 Å². The molecule has 1 rings (SSSR count). The lowest BCUT2D eigenvalue weighted by molar-refractivity contribution is -0.146. The third-order valence-corrected chi connectivity index (χ3v) is 2.09. The van der Waals surface area contributed by atoms with Crippen molar-refractivity contribution in [2.24, 2.45) is 0 Å². The van der Waals surface area contributed by atoms with Crippen molar-refractivity contribution < 1.29 is 9.53 Å². The Bertz CT molecular complexity index is 280. The van der Waals surface area contributed by atoms with E-state index in [4.69, 9.17) is 4.74 Å². The second-order valence-corrected chi connectivity index (χ2v) is 3.33. The maximum Gasteiger partial charge on any atom is 0.302 e. The average molecular weight is 192 g/mol. The zero-order valence-electron chi connectivity index (χ0n) is 8.69. The van der Waals surface area contributed by atoms with Gasteiger partial charge in [0, 0.05) is 13.3 Å². The number of esters is 1. The lowest BCUT2D eigenvalue weighted by Gasteiger charge is -2.14. The molecule has 0 amide bonds. The Morgan fingerprint density at radius 3 is 2.50 bits per heavy atom. The van der Waals surface area contributed by atoms with Crippen molar-refractivity contribution in [3.05, 3.63) is 35.9 Å². The van der Waals surface area contributed by atoms with E-state index in [0.717, 1.165) is 12.8 Å². The molecule has 2 heteroatoms.